The van der Waals surface area contributed by atoms with E-state index in [1.54, 1.807) is 49.4 Å². The van der Waals surface area contributed by atoms with E-state index in [1.165, 1.54) is 6.21 Å². The van der Waals surface area contributed by atoms with Gasteiger partial charge in [-0.15, -0.1) is 0 Å². The predicted molar refractivity (Wildman–Crippen MR) is 107 cm³/mol. The number of carbonyl (C=O) groups is 1. The molecule has 0 radical (unpaired) electrons. The van der Waals surface area contributed by atoms with Crippen molar-refractivity contribution in [2.24, 2.45) is 5.10 Å². The maximum absolute atomic E-state index is 12.3. The van der Waals surface area contributed by atoms with Gasteiger partial charge in [-0.05, 0) is 30.7 Å². The highest BCUT2D eigenvalue weighted by molar-refractivity contribution is 7.92. The number of hydrogen-bond donors (Lipinski definition) is 1. The molecule has 1 aliphatic rings. The molecule has 2 aromatic carbocycles. The van der Waals surface area contributed by atoms with Gasteiger partial charge < -0.3 is 9.47 Å². The number of hydrazone groups is 1. The van der Waals surface area contributed by atoms with E-state index in [4.69, 9.17) is 9.47 Å². The van der Waals surface area contributed by atoms with Crippen LogP contribution in [0.3, 0.4) is 0 Å². The molecule has 3 rings (SSSR count). The van der Waals surface area contributed by atoms with E-state index in [2.05, 4.69) is 10.5 Å². The van der Waals surface area contributed by atoms with Crippen LogP contribution in [0, 0.1) is 6.92 Å². The van der Waals surface area contributed by atoms with Gasteiger partial charge in [0.05, 0.1) is 18.2 Å². The number of amides is 1. The Morgan fingerprint density at radius 3 is 2.68 bits per heavy atom. The number of hydrogen-bond acceptors (Lipinski definition) is 6. The van der Waals surface area contributed by atoms with E-state index < -0.39 is 15.9 Å². The fraction of sp³-hybridized carbons (Fsp3) is 0.263. The zero-order chi connectivity index (χ0) is 20.1. The molecule has 0 spiro atoms. The minimum Gasteiger partial charge on any atom is -0.486 e. The summed E-state index contributed by atoms with van der Waals surface area (Å²) in [7, 11) is -3.64. The monoisotopic (exact) mass is 403 g/mol. The van der Waals surface area contributed by atoms with Crippen molar-refractivity contribution in [2.45, 2.75) is 6.92 Å². The Bertz CT molecular complexity index is 1000. The first-order valence-corrected chi connectivity index (χ1v) is 10.4. The third kappa shape index (κ3) is 4.61. The van der Waals surface area contributed by atoms with Crippen LogP contribution in [0.4, 0.5) is 5.69 Å². The van der Waals surface area contributed by atoms with E-state index in [0.717, 1.165) is 16.1 Å². The molecule has 0 atom stereocenters. The summed E-state index contributed by atoms with van der Waals surface area (Å²) in [5, 5.41) is 3.92. The van der Waals surface area contributed by atoms with Gasteiger partial charge in [0.1, 0.15) is 19.8 Å². The van der Waals surface area contributed by atoms with Crippen molar-refractivity contribution in [1.82, 2.24) is 5.43 Å². The van der Waals surface area contributed by atoms with Gasteiger partial charge >= 0.3 is 0 Å². The number of aryl methyl sites for hydroxylation is 1. The van der Waals surface area contributed by atoms with Gasteiger partial charge in [-0.25, -0.2) is 13.8 Å². The molecule has 0 unspecified atom stereocenters. The first-order chi connectivity index (χ1) is 13.4. The number of nitrogens with one attached hydrogen (secondary N) is 1. The lowest BCUT2D eigenvalue weighted by Gasteiger charge is -2.23. The van der Waals surface area contributed by atoms with Crippen LogP contribution in [0.2, 0.25) is 0 Å². The van der Waals surface area contributed by atoms with Crippen LogP contribution in [-0.4, -0.2) is 46.6 Å². The molecule has 0 saturated carbocycles. The molecule has 9 heteroatoms. The Kier molecular flexibility index (Phi) is 5.84. The van der Waals surface area contributed by atoms with E-state index in [0.29, 0.717) is 36.0 Å². The number of fused-ring (bicyclic) bond motifs is 1. The van der Waals surface area contributed by atoms with Crippen molar-refractivity contribution in [3.8, 4) is 11.5 Å². The highest BCUT2D eigenvalue weighted by Gasteiger charge is 2.22. The second-order valence-corrected chi connectivity index (χ2v) is 8.13. The summed E-state index contributed by atoms with van der Waals surface area (Å²) in [5.41, 5.74) is 4.21. The summed E-state index contributed by atoms with van der Waals surface area (Å²) in [5.74, 6) is 0.612. The molecule has 1 N–H and O–H groups in total. The Morgan fingerprint density at radius 2 is 1.93 bits per heavy atom. The minimum absolute atomic E-state index is 0.381. The molecule has 1 aliphatic heterocycles. The number of anilines is 1. The van der Waals surface area contributed by atoms with Gasteiger partial charge in [-0.1, -0.05) is 24.3 Å². The summed E-state index contributed by atoms with van der Waals surface area (Å²) in [6.45, 7) is 2.31. The van der Waals surface area contributed by atoms with Gasteiger partial charge in [0.25, 0.3) is 5.91 Å². The Hall–Kier alpha value is -3.07. The Labute approximate surface area is 163 Å². The van der Waals surface area contributed by atoms with E-state index >= 15 is 0 Å². The summed E-state index contributed by atoms with van der Waals surface area (Å²) >= 11 is 0. The maximum atomic E-state index is 12.3. The molecule has 148 valence electrons. The number of ether oxygens (including phenoxy) is 2. The van der Waals surface area contributed by atoms with Crippen molar-refractivity contribution in [2.75, 3.05) is 30.3 Å². The SMILES string of the molecule is Cc1ccccc1N(CC(=O)N/N=C\c1cccc2c1OCCO2)S(C)(=O)=O. The average molecular weight is 403 g/mol. The van der Waals surface area contributed by atoms with Crippen molar-refractivity contribution in [3.05, 3.63) is 53.6 Å². The highest BCUT2D eigenvalue weighted by Crippen LogP contribution is 2.32. The Balaban J connectivity index is 1.71. The molecule has 0 aromatic heterocycles. The smallest absolute Gasteiger partial charge is 0.260 e. The minimum atomic E-state index is -3.64. The summed E-state index contributed by atoms with van der Waals surface area (Å²) < 4.78 is 36.4. The first-order valence-electron chi connectivity index (χ1n) is 8.60. The van der Waals surface area contributed by atoms with Crippen LogP contribution in [-0.2, 0) is 14.8 Å². The third-order valence-electron chi connectivity index (χ3n) is 4.06. The number of rotatable bonds is 6. The molecule has 28 heavy (non-hydrogen) atoms. The van der Waals surface area contributed by atoms with Crippen molar-refractivity contribution < 1.29 is 22.7 Å². The van der Waals surface area contributed by atoms with E-state index in [9.17, 15) is 13.2 Å². The third-order valence-corrected chi connectivity index (χ3v) is 5.19. The maximum Gasteiger partial charge on any atom is 0.260 e. The predicted octanol–water partition coefficient (Wildman–Crippen LogP) is 1.68. The standard InChI is InChI=1S/C19H21N3O5S/c1-14-6-3-4-8-16(14)22(28(2,24)25)13-18(23)21-20-12-15-7-5-9-17-19(15)27-11-10-26-17/h3-9,12H,10-11,13H2,1-2H3,(H,21,23)/b20-12-. The van der Waals surface area contributed by atoms with Gasteiger partial charge in [0.15, 0.2) is 11.5 Å². The van der Waals surface area contributed by atoms with Crippen LogP contribution < -0.4 is 19.2 Å². The lowest BCUT2D eigenvalue weighted by atomic mass is 10.2. The molecule has 0 fully saturated rings. The van der Waals surface area contributed by atoms with E-state index in [1.807, 2.05) is 0 Å². The van der Waals surface area contributed by atoms with Crippen molar-refractivity contribution >= 4 is 27.8 Å². The molecule has 0 saturated heterocycles. The Morgan fingerprint density at radius 1 is 1.18 bits per heavy atom. The van der Waals surface area contributed by atoms with Crippen LogP contribution in [0.15, 0.2) is 47.6 Å². The second kappa shape index (κ2) is 8.30. The number of benzene rings is 2. The van der Waals surface area contributed by atoms with Gasteiger partial charge in [-0.2, -0.15) is 5.10 Å². The fourth-order valence-corrected chi connectivity index (χ4v) is 3.68. The van der Waals surface area contributed by atoms with Crippen LogP contribution >= 0.6 is 0 Å². The quantitative estimate of drug-likeness (QED) is 0.585. The van der Waals surface area contributed by atoms with Gasteiger partial charge in [0.2, 0.25) is 10.0 Å². The lowest BCUT2D eigenvalue weighted by molar-refractivity contribution is -0.119. The van der Waals surface area contributed by atoms with Crippen LogP contribution in [0.1, 0.15) is 11.1 Å². The molecular formula is C19H21N3O5S. The first kappa shape index (κ1) is 19.7. The second-order valence-electron chi connectivity index (χ2n) is 6.22. The van der Waals surface area contributed by atoms with E-state index in [-0.39, 0.29) is 6.54 Å². The zero-order valence-electron chi connectivity index (χ0n) is 15.6. The fourth-order valence-electron chi connectivity index (χ4n) is 2.76. The summed E-state index contributed by atoms with van der Waals surface area (Å²) in [4.78, 5) is 12.3. The topological polar surface area (TPSA) is 97.3 Å². The zero-order valence-corrected chi connectivity index (χ0v) is 16.4. The van der Waals surface area contributed by atoms with Crippen molar-refractivity contribution in [3.63, 3.8) is 0 Å². The van der Waals surface area contributed by atoms with Crippen LogP contribution in [0.5, 0.6) is 11.5 Å². The molecule has 0 aliphatic carbocycles. The average Bonchev–Trinajstić information content (AvgIpc) is 2.66. The summed E-state index contributed by atoms with van der Waals surface area (Å²) in [6.07, 6.45) is 2.49. The van der Waals surface area contributed by atoms with Crippen molar-refractivity contribution in [1.29, 1.82) is 0 Å². The molecule has 8 nitrogen and oxygen atoms in total. The normalized spacial score (nSPS) is 13.4. The largest absolute Gasteiger partial charge is 0.486 e. The molecule has 0 bridgehead atoms. The molecule has 1 heterocycles. The number of para-hydroxylation sites is 2. The summed E-state index contributed by atoms with van der Waals surface area (Å²) in [6, 6.07) is 12.3. The van der Waals surface area contributed by atoms with Gasteiger partial charge in [-0.3, -0.25) is 9.10 Å². The van der Waals surface area contributed by atoms with Crippen LogP contribution in [0.25, 0.3) is 0 Å². The molecular weight excluding hydrogens is 382 g/mol. The lowest BCUT2D eigenvalue weighted by Crippen LogP contribution is -2.39. The molecule has 2 aromatic rings. The highest BCUT2D eigenvalue weighted by atomic mass is 32.2. The molecule has 1 amide bonds. The van der Waals surface area contributed by atoms with Gasteiger partial charge in [0, 0.05) is 5.56 Å². The number of carbonyl (C=O) groups excluding carboxylic acids is 1. The number of sulfonamides is 1. The number of nitrogens with zero attached hydrogens (tertiary/aromatic N) is 2.